The van der Waals surface area contributed by atoms with E-state index in [9.17, 15) is 4.79 Å². The van der Waals surface area contributed by atoms with E-state index in [4.69, 9.17) is 16.3 Å². The first kappa shape index (κ1) is 21.5. The lowest BCUT2D eigenvalue weighted by Crippen LogP contribution is -1.96. The quantitative estimate of drug-likeness (QED) is 0.197. The summed E-state index contributed by atoms with van der Waals surface area (Å²) in [4.78, 5) is 13.5. The second kappa shape index (κ2) is 13.7. The van der Waals surface area contributed by atoms with Gasteiger partial charge in [-0.25, -0.2) is 4.79 Å². The Morgan fingerprint density at radius 2 is 1.54 bits per heavy atom. The predicted molar refractivity (Wildman–Crippen MR) is 105 cm³/mol. The Labute approximate surface area is 156 Å². The van der Waals surface area contributed by atoms with E-state index in [1.54, 1.807) is 0 Å². The van der Waals surface area contributed by atoms with Gasteiger partial charge in [-0.2, -0.15) is 0 Å². The van der Waals surface area contributed by atoms with E-state index in [0.29, 0.717) is 10.8 Å². The fraction of sp³-hybridized carbons (Fsp3) is 0.750. The van der Waals surface area contributed by atoms with Crippen LogP contribution in [0.5, 0.6) is 0 Å². The highest BCUT2D eigenvalue weighted by molar-refractivity contribution is 7.14. The van der Waals surface area contributed by atoms with E-state index in [2.05, 4.69) is 6.92 Å². The van der Waals surface area contributed by atoms with Crippen molar-refractivity contribution in [2.24, 2.45) is 0 Å². The first-order valence-electron chi connectivity index (χ1n) is 9.48. The van der Waals surface area contributed by atoms with Crippen LogP contribution in [0, 0.1) is 0 Å². The van der Waals surface area contributed by atoms with Crippen molar-refractivity contribution in [3.63, 3.8) is 0 Å². The molecule has 1 rings (SSSR count). The number of rotatable bonds is 14. The third-order valence-electron chi connectivity index (χ3n) is 4.43. The first-order chi connectivity index (χ1) is 11.7. The standard InChI is InChI=1S/C20H33ClO2S/c1-3-4-5-6-7-8-9-10-11-12-13-14-18-17(16-21)15-19(24-18)20(22)23-2/h15H,3-14,16H2,1-2H3. The molecule has 1 aromatic heterocycles. The van der Waals surface area contributed by atoms with Crippen LogP contribution < -0.4 is 0 Å². The molecule has 2 nitrogen and oxygen atoms in total. The molecule has 24 heavy (non-hydrogen) atoms. The number of hydrogen-bond acceptors (Lipinski definition) is 3. The fourth-order valence-electron chi connectivity index (χ4n) is 2.94. The highest BCUT2D eigenvalue weighted by Crippen LogP contribution is 2.26. The SMILES string of the molecule is CCCCCCCCCCCCCc1sc(C(=O)OC)cc1CCl. The summed E-state index contributed by atoms with van der Waals surface area (Å²) in [6.07, 6.45) is 15.9. The first-order valence-corrected chi connectivity index (χ1v) is 10.8. The Bertz CT molecular complexity index is 456. The Hall–Kier alpha value is -0.540. The van der Waals surface area contributed by atoms with Gasteiger partial charge in [0.25, 0.3) is 0 Å². The molecule has 0 saturated carbocycles. The van der Waals surface area contributed by atoms with Gasteiger partial charge in [-0.05, 0) is 24.5 Å². The molecule has 0 N–H and O–H groups in total. The Kier molecular flexibility index (Phi) is 12.3. The number of alkyl halides is 1. The minimum atomic E-state index is -0.253. The van der Waals surface area contributed by atoms with Crippen LogP contribution >= 0.6 is 22.9 Å². The summed E-state index contributed by atoms with van der Waals surface area (Å²) in [5.41, 5.74) is 1.09. The van der Waals surface area contributed by atoms with Crippen molar-refractivity contribution in [3.8, 4) is 0 Å². The third-order valence-corrected chi connectivity index (χ3v) is 5.94. The van der Waals surface area contributed by atoms with E-state index >= 15 is 0 Å². The molecule has 0 amide bonds. The minimum Gasteiger partial charge on any atom is -0.465 e. The van der Waals surface area contributed by atoms with Gasteiger partial charge >= 0.3 is 5.97 Å². The molecule has 0 spiro atoms. The van der Waals surface area contributed by atoms with Gasteiger partial charge in [0.1, 0.15) is 4.88 Å². The molecule has 0 unspecified atom stereocenters. The molecular formula is C20H33ClO2S. The van der Waals surface area contributed by atoms with E-state index in [1.165, 1.54) is 94.0 Å². The highest BCUT2D eigenvalue weighted by atomic mass is 35.5. The van der Waals surface area contributed by atoms with Crippen LogP contribution in [0.2, 0.25) is 0 Å². The molecule has 1 aromatic rings. The van der Waals surface area contributed by atoms with Gasteiger partial charge in [0.05, 0.1) is 7.11 Å². The molecule has 4 heteroatoms. The largest absolute Gasteiger partial charge is 0.465 e. The van der Waals surface area contributed by atoms with Gasteiger partial charge in [0.2, 0.25) is 0 Å². The number of hydrogen-bond donors (Lipinski definition) is 0. The van der Waals surface area contributed by atoms with Crippen molar-refractivity contribution >= 4 is 28.9 Å². The molecule has 0 aliphatic carbocycles. The number of esters is 1. The summed E-state index contributed by atoms with van der Waals surface area (Å²) in [5, 5.41) is 0. The summed E-state index contributed by atoms with van der Waals surface area (Å²) in [5.74, 6) is 0.220. The van der Waals surface area contributed by atoms with E-state index in [1.807, 2.05) is 6.07 Å². The summed E-state index contributed by atoms with van der Waals surface area (Å²) in [6.45, 7) is 2.27. The molecule has 0 aliphatic heterocycles. The van der Waals surface area contributed by atoms with Crippen LogP contribution in [0.1, 0.15) is 97.7 Å². The third kappa shape index (κ3) is 8.53. The van der Waals surface area contributed by atoms with Crippen LogP contribution in [0.25, 0.3) is 0 Å². The highest BCUT2D eigenvalue weighted by Gasteiger charge is 2.14. The normalized spacial score (nSPS) is 11.0. The molecule has 0 fully saturated rings. The van der Waals surface area contributed by atoms with Gasteiger partial charge < -0.3 is 4.74 Å². The molecule has 0 aromatic carbocycles. The van der Waals surface area contributed by atoms with E-state index in [-0.39, 0.29) is 5.97 Å². The van der Waals surface area contributed by atoms with Crippen LogP contribution in [0.4, 0.5) is 0 Å². The summed E-state index contributed by atoms with van der Waals surface area (Å²) < 4.78 is 4.79. The van der Waals surface area contributed by atoms with Crippen molar-refractivity contribution in [2.45, 2.75) is 89.9 Å². The van der Waals surface area contributed by atoms with Crippen LogP contribution in [-0.2, 0) is 17.0 Å². The number of halogens is 1. The number of methoxy groups -OCH3 is 1. The van der Waals surface area contributed by atoms with Gasteiger partial charge in [-0.15, -0.1) is 22.9 Å². The Morgan fingerprint density at radius 3 is 2.04 bits per heavy atom. The molecular weight excluding hydrogens is 340 g/mol. The number of aryl methyl sites for hydroxylation is 1. The van der Waals surface area contributed by atoms with Crippen LogP contribution in [0.15, 0.2) is 6.07 Å². The smallest absolute Gasteiger partial charge is 0.348 e. The van der Waals surface area contributed by atoms with Crippen LogP contribution in [-0.4, -0.2) is 13.1 Å². The molecule has 0 saturated heterocycles. The van der Waals surface area contributed by atoms with E-state index in [0.717, 1.165) is 12.0 Å². The monoisotopic (exact) mass is 372 g/mol. The van der Waals surface area contributed by atoms with Crippen molar-refractivity contribution in [2.75, 3.05) is 7.11 Å². The second-order valence-electron chi connectivity index (χ2n) is 6.47. The zero-order valence-corrected chi connectivity index (χ0v) is 16.9. The minimum absolute atomic E-state index is 0.253. The lowest BCUT2D eigenvalue weighted by molar-refractivity contribution is 0.0606. The number of ether oxygens (including phenoxy) is 1. The van der Waals surface area contributed by atoms with Crippen LogP contribution in [0.3, 0.4) is 0 Å². The van der Waals surface area contributed by atoms with Crippen molar-refractivity contribution in [3.05, 3.63) is 21.4 Å². The average molecular weight is 373 g/mol. The lowest BCUT2D eigenvalue weighted by Gasteiger charge is -2.03. The topological polar surface area (TPSA) is 26.3 Å². The lowest BCUT2D eigenvalue weighted by atomic mass is 10.0. The van der Waals surface area contributed by atoms with Crippen molar-refractivity contribution in [1.82, 2.24) is 0 Å². The molecule has 138 valence electrons. The molecule has 0 aliphatic rings. The number of carbonyl (C=O) groups excluding carboxylic acids is 1. The van der Waals surface area contributed by atoms with Gasteiger partial charge in [0, 0.05) is 10.8 Å². The zero-order chi connectivity index (χ0) is 17.6. The molecule has 0 atom stereocenters. The van der Waals surface area contributed by atoms with Crippen molar-refractivity contribution in [1.29, 1.82) is 0 Å². The maximum atomic E-state index is 11.6. The number of unbranched alkanes of at least 4 members (excludes halogenated alkanes) is 10. The Balaban J connectivity index is 2.10. The summed E-state index contributed by atoms with van der Waals surface area (Å²) in [6, 6.07) is 1.89. The zero-order valence-electron chi connectivity index (χ0n) is 15.4. The maximum Gasteiger partial charge on any atom is 0.348 e. The number of carbonyl (C=O) groups is 1. The van der Waals surface area contributed by atoms with Crippen molar-refractivity contribution < 1.29 is 9.53 Å². The van der Waals surface area contributed by atoms with Gasteiger partial charge in [-0.3, -0.25) is 0 Å². The Morgan fingerprint density at radius 1 is 1.00 bits per heavy atom. The second-order valence-corrected chi connectivity index (χ2v) is 7.87. The number of thiophene rings is 1. The summed E-state index contributed by atoms with van der Waals surface area (Å²) >= 11 is 7.53. The predicted octanol–water partition coefficient (Wildman–Crippen LogP) is 7.13. The molecule has 0 radical (unpaired) electrons. The average Bonchev–Trinajstić information content (AvgIpc) is 3.02. The van der Waals surface area contributed by atoms with Gasteiger partial charge in [-0.1, -0.05) is 71.1 Å². The molecule has 0 bridgehead atoms. The fourth-order valence-corrected chi connectivity index (χ4v) is 4.40. The molecule has 1 heterocycles. The maximum absolute atomic E-state index is 11.6. The summed E-state index contributed by atoms with van der Waals surface area (Å²) in [7, 11) is 1.42. The van der Waals surface area contributed by atoms with E-state index < -0.39 is 0 Å². The van der Waals surface area contributed by atoms with Gasteiger partial charge in [0.15, 0.2) is 0 Å².